The quantitative estimate of drug-likeness (QED) is 0.427. The standard InChI is InChI=1S/C27H36O8/c1-15(28)33-14-23(32)27(35-17(3)30)11-9-21-20-7-6-18-12-19(31)8-10-25(18,4)24(20)22(34-16(2)29)13-26(21,27)5/h12,20-22,24H,6-11,13-14H2,1-5H3/t20-,21-,22+,24+,25-,26-,27-/m0/s1. The van der Waals surface area contributed by atoms with Crippen LogP contribution in [0.3, 0.4) is 0 Å². The van der Waals surface area contributed by atoms with Crippen LogP contribution in [-0.2, 0) is 38.2 Å². The summed E-state index contributed by atoms with van der Waals surface area (Å²) in [7, 11) is 0. The van der Waals surface area contributed by atoms with E-state index < -0.39 is 47.4 Å². The molecule has 0 unspecified atom stereocenters. The minimum Gasteiger partial charge on any atom is -0.462 e. The van der Waals surface area contributed by atoms with E-state index in [1.807, 2.05) is 6.92 Å². The van der Waals surface area contributed by atoms with E-state index in [1.54, 1.807) is 6.08 Å². The second kappa shape index (κ2) is 8.86. The number of ketones is 2. The van der Waals surface area contributed by atoms with Crippen LogP contribution in [-0.4, -0.2) is 47.8 Å². The minimum atomic E-state index is -1.46. The van der Waals surface area contributed by atoms with Crippen LogP contribution in [0, 0.1) is 28.6 Å². The van der Waals surface area contributed by atoms with E-state index in [-0.39, 0.29) is 29.0 Å². The third kappa shape index (κ3) is 4.02. The molecule has 0 saturated heterocycles. The summed E-state index contributed by atoms with van der Waals surface area (Å²) in [5.41, 5.74) is -1.39. The summed E-state index contributed by atoms with van der Waals surface area (Å²) in [6, 6.07) is 0. The monoisotopic (exact) mass is 488 g/mol. The molecule has 8 nitrogen and oxygen atoms in total. The van der Waals surface area contributed by atoms with Crippen LogP contribution in [0.4, 0.5) is 0 Å². The maximum absolute atomic E-state index is 13.6. The topological polar surface area (TPSA) is 113 Å². The molecule has 7 atom stereocenters. The van der Waals surface area contributed by atoms with E-state index in [9.17, 15) is 24.0 Å². The highest BCUT2D eigenvalue weighted by atomic mass is 16.6. The Balaban J connectivity index is 1.79. The van der Waals surface area contributed by atoms with Gasteiger partial charge in [-0.1, -0.05) is 19.4 Å². The largest absolute Gasteiger partial charge is 0.462 e. The van der Waals surface area contributed by atoms with Crippen LogP contribution in [0.5, 0.6) is 0 Å². The molecule has 0 amide bonds. The van der Waals surface area contributed by atoms with Gasteiger partial charge in [0.25, 0.3) is 0 Å². The number of carbonyl (C=O) groups excluding carboxylic acids is 5. The molecule has 4 aliphatic rings. The Morgan fingerprint density at radius 2 is 1.69 bits per heavy atom. The van der Waals surface area contributed by atoms with E-state index in [2.05, 4.69) is 6.92 Å². The van der Waals surface area contributed by atoms with Crippen molar-refractivity contribution in [1.29, 1.82) is 0 Å². The molecule has 0 bridgehead atoms. The number of esters is 3. The second-order valence-electron chi connectivity index (χ2n) is 11.3. The van der Waals surface area contributed by atoms with Crippen LogP contribution in [0.2, 0.25) is 0 Å². The van der Waals surface area contributed by atoms with E-state index in [1.165, 1.54) is 20.8 Å². The number of carbonyl (C=O) groups is 5. The summed E-state index contributed by atoms with van der Waals surface area (Å²) in [6.07, 6.45) is 5.44. The highest BCUT2D eigenvalue weighted by Gasteiger charge is 2.71. The lowest BCUT2D eigenvalue weighted by molar-refractivity contribution is -0.208. The Morgan fingerprint density at radius 1 is 0.971 bits per heavy atom. The fourth-order valence-corrected chi connectivity index (χ4v) is 8.17. The summed E-state index contributed by atoms with van der Waals surface area (Å²) < 4.78 is 16.9. The number of hydrogen-bond acceptors (Lipinski definition) is 8. The fraction of sp³-hybridized carbons (Fsp3) is 0.741. The molecule has 3 fully saturated rings. The Hall–Kier alpha value is -2.51. The Kier molecular flexibility index (Phi) is 6.47. The first-order chi connectivity index (χ1) is 16.3. The van der Waals surface area contributed by atoms with Gasteiger partial charge >= 0.3 is 17.9 Å². The van der Waals surface area contributed by atoms with Gasteiger partial charge in [-0.05, 0) is 61.9 Å². The zero-order chi connectivity index (χ0) is 25.8. The van der Waals surface area contributed by atoms with Crippen LogP contribution in [0.25, 0.3) is 0 Å². The Morgan fingerprint density at radius 3 is 2.31 bits per heavy atom. The maximum atomic E-state index is 13.6. The molecule has 0 aromatic carbocycles. The predicted molar refractivity (Wildman–Crippen MR) is 124 cm³/mol. The second-order valence-corrected chi connectivity index (χ2v) is 11.3. The highest BCUT2D eigenvalue weighted by Crippen LogP contribution is 2.68. The number of rotatable bonds is 5. The molecule has 0 radical (unpaired) electrons. The molecule has 3 saturated carbocycles. The molecule has 0 aromatic heterocycles. The van der Waals surface area contributed by atoms with Crippen LogP contribution >= 0.6 is 0 Å². The molecular weight excluding hydrogens is 452 g/mol. The van der Waals surface area contributed by atoms with Gasteiger partial charge in [-0.15, -0.1) is 0 Å². The van der Waals surface area contributed by atoms with E-state index in [4.69, 9.17) is 14.2 Å². The number of hydrogen-bond donors (Lipinski definition) is 0. The third-order valence-corrected chi connectivity index (χ3v) is 9.49. The SMILES string of the molecule is CC(=O)OCC(=O)[C@@]1(OC(C)=O)CC[C@H]2[C@@H]3CCC4=CC(=O)CC[C@]4(C)[C@H]3[C@H](OC(C)=O)C[C@@]21C. The van der Waals surface area contributed by atoms with Crippen molar-refractivity contribution in [3.05, 3.63) is 11.6 Å². The minimum absolute atomic E-state index is 0.00859. The van der Waals surface area contributed by atoms with Gasteiger partial charge in [-0.2, -0.15) is 0 Å². The first-order valence-electron chi connectivity index (χ1n) is 12.6. The molecule has 4 aliphatic carbocycles. The lowest BCUT2D eigenvalue weighted by Crippen LogP contribution is -2.63. The molecule has 0 aliphatic heterocycles. The van der Waals surface area contributed by atoms with Gasteiger partial charge in [0.05, 0.1) is 0 Å². The summed E-state index contributed by atoms with van der Waals surface area (Å²) in [6.45, 7) is 7.57. The summed E-state index contributed by atoms with van der Waals surface area (Å²) in [5, 5.41) is 0. The average Bonchev–Trinajstić information content (AvgIpc) is 3.04. The number of ether oxygens (including phenoxy) is 3. The molecular formula is C27H36O8. The van der Waals surface area contributed by atoms with Crippen molar-refractivity contribution >= 4 is 29.5 Å². The fourth-order valence-electron chi connectivity index (χ4n) is 8.17. The van der Waals surface area contributed by atoms with Gasteiger partial charge in [0, 0.05) is 38.5 Å². The van der Waals surface area contributed by atoms with Gasteiger partial charge in [0.1, 0.15) is 6.10 Å². The molecule has 0 spiro atoms. The smallest absolute Gasteiger partial charge is 0.303 e. The molecule has 0 N–H and O–H groups in total. The number of fused-ring (bicyclic) bond motifs is 5. The van der Waals surface area contributed by atoms with E-state index >= 15 is 0 Å². The van der Waals surface area contributed by atoms with Crippen molar-refractivity contribution in [1.82, 2.24) is 0 Å². The van der Waals surface area contributed by atoms with Gasteiger partial charge < -0.3 is 14.2 Å². The summed E-state index contributed by atoms with van der Waals surface area (Å²) >= 11 is 0. The van der Waals surface area contributed by atoms with E-state index in [0.717, 1.165) is 18.4 Å². The van der Waals surface area contributed by atoms with Crippen molar-refractivity contribution < 1.29 is 38.2 Å². The molecule has 192 valence electrons. The van der Waals surface area contributed by atoms with Crippen molar-refractivity contribution in [3.63, 3.8) is 0 Å². The Bertz CT molecular complexity index is 997. The van der Waals surface area contributed by atoms with Crippen LogP contribution in [0.15, 0.2) is 11.6 Å². The van der Waals surface area contributed by atoms with Crippen molar-refractivity contribution in [2.24, 2.45) is 28.6 Å². The van der Waals surface area contributed by atoms with Crippen molar-refractivity contribution in [2.75, 3.05) is 6.61 Å². The first kappa shape index (κ1) is 25.6. The van der Waals surface area contributed by atoms with Crippen LogP contribution in [0.1, 0.15) is 79.6 Å². The van der Waals surface area contributed by atoms with Gasteiger partial charge in [-0.25, -0.2) is 0 Å². The highest BCUT2D eigenvalue weighted by molar-refractivity contribution is 5.93. The number of Topliss-reactive ketones (excluding diaryl/α,β-unsaturated/α-hetero) is 1. The third-order valence-electron chi connectivity index (χ3n) is 9.49. The number of allylic oxidation sites excluding steroid dienone is 1. The van der Waals surface area contributed by atoms with Gasteiger partial charge in [0.15, 0.2) is 18.0 Å². The Labute approximate surface area is 206 Å². The molecule has 4 rings (SSSR count). The lowest BCUT2D eigenvalue weighted by Gasteiger charge is -2.61. The summed E-state index contributed by atoms with van der Waals surface area (Å²) in [4.78, 5) is 61.7. The predicted octanol–water partition coefficient (Wildman–Crippen LogP) is 3.49. The van der Waals surface area contributed by atoms with Crippen molar-refractivity contribution in [2.45, 2.75) is 91.3 Å². The zero-order valence-corrected chi connectivity index (χ0v) is 21.3. The molecule has 8 heteroatoms. The average molecular weight is 489 g/mol. The molecule has 0 aromatic rings. The normalized spacial score (nSPS) is 39.9. The first-order valence-corrected chi connectivity index (χ1v) is 12.6. The van der Waals surface area contributed by atoms with Gasteiger partial charge in [-0.3, -0.25) is 24.0 Å². The maximum Gasteiger partial charge on any atom is 0.303 e. The van der Waals surface area contributed by atoms with Crippen molar-refractivity contribution in [3.8, 4) is 0 Å². The molecule has 0 heterocycles. The zero-order valence-electron chi connectivity index (χ0n) is 21.3. The summed E-state index contributed by atoms with van der Waals surface area (Å²) in [5.74, 6) is -1.64. The van der Waals surface area contributed by atoms with Gasteiger partial charge in [0.2, 0.25) is 5.78 Å². The van der Waals surface area contributed by atoms with Crippen LogP contribution < -0.4 is 0 Å². The van der Waals surface area contributed by atoms with E-state index in [0.29, 0.717) is 32.1 Å². The lowest BCUT2D eigenvalue weighted by atomic mass is 9.45. The molecule has 35 heavy (non-hydrogen) atoms.